The number of aliphatic hydroxyl groups excluding tert-OH is 1. The van der Waals surface area contributed by atoms with E-state index in [1.165, 1.54) is 12.9 Å². The topological polar surface area (TPSA) is 46.5 Å². The van der Waals surface area contributed by atoms with Gasteiger partial charge in [-0.15, -0.1) is 0 Å². The predicted molar refractivity (Wildman–Crippen MR) is 77.5 cm³/mol. The zero-order valence-corrected chi connectivity index (χ0v) is 11.5. The van der Waals surface area contributed by atoms with Crippen LogP contribution in [0, 0.1) is 0 Å². The lowest BCUT2D eigenvalue weighted by atomic mass is 10.4. The molecule has 0 aromatic heterocycles. The first-order valence-corrected chi connectivity index (χ1v) is 7.61. The predicted octanol–water partition coefficient (Wildman–Crippen LogP) is 3.00. The maximum Gasteiger partial charge on any atom is 0.280 e. The van der Waals surface area contributed by atoms with E-state index in [1.807, 2.05) is 36.4 Å². The Balaban J connectivity index is 2.61. The molecule has 0 aliphatic heterocycles. The van der Waals surface area contributed by atoms with E-state index in [0.29, 0.717) is 10.6 Å². The molecule has 98 valence electrons. The minimum absolute atomic E-state index is 0.337. The lowest BCUT2D eigenvalue weighted by Gasteiger charge is -2.15. The van der Waals surface area contributed by atoms with Crippen molar-refractivity contribution in [2.45, 2.75) is 0 Å². The van der Waals surface area contributed by atoms with Crippen LogP contribution >= 0.6 is 7.14 Å². The molecular weight excluding hydrogens is 259 g/mol. The lowest BCUT2D eigenvalue weighted by Crippen LogP contribution is -2.14. The van der Waals surface area contributed by atoms with Crippen LogP contribution in [0.25, 0.3) is 0 Å². The smallest absolute Gasteiger partial charge is 0.280 e. The summed E-state index contributed by atoms with van der Waals surface area (Å²) in [5.41, 5.74) is 0. The summed E-state index contributed by atoms with van der Waals surface area (Å²) in [5, 5.41) is 10.9. The number of aliphatic hydroxyl groups is 1. The van der Waals surface area contributed by atoms with E-state index in [1.54, 1.807) is 24.3 Å². The molecule has 0 atom stereocenters. The van der Waals surface area contributed by atoms with Crippen molar-refractivity contribution in [3.63, 3.8) is 0 Å². The minimum atomic E-state index is -3.03. The molecule has 1 N–H and O–H groups in total. The van der Waals surface area contributed by atoms with Gasteiger partial charge in [0.05, 0.1) is 12.9 Å². The number of rotatable bonds is 4. The molecule has 0 saturated carbocycles. The standard InChI is InChI=1S/C15H15O3P/c1-18-15(16)12-19(17,13-8-4-2-5-9-13)14-10-6-3-7-11-14/h2-12,16H,1H3/b15-12+. The molecular formula is C15H15O3P. The lowest BCUT2D eigenvalue weighted by molar-refractivity contribution is 0.137. The normalized spacial score (nSPS) is 12.2. The van der Waals surface area contributed by atoms with Gasteiger partial charge in [0.15, 0.2) is 7.14 Å². The molecule has 0 spiro atoms. The molecule has 0 aliphatic rings. The molecule has 2 rings (SSSR count). The first kappa shape index (κ1) is 13.4. The van der Waals surface area contributed by atoms with Crippen LogP contribution in [-0.4, -0.2) is 12.2 Å². The van der Waals surface area contributed by atoms with Crippen molar-refractivity contribution < 1.29 is 14.4 Å². The van der Waals surface area contributed by atoms with Gasteiger partial charge in [-0.05, 0) is 0 Å². The quantitative estimate of drug-likeness (QED) is 0.688. The van der Waals surface area contributed by atoms with Crippen LogP contribution in [0.15, 0.2) is 72.4 Å². The van der Waals surface area contributed by atoms with E-state index in [0.717, 1.165) is 0 Å². The van der Waals surface area contributed by atoms with Gasteiger partial charge in [0.2, 0.25) is 0 Å². The van der Waals surface area contributed by atoms with Crippen LogP contribution in [0.2, 0.25) is 0 Å². The minimum Gasteiger partial charge on any atom is -0.481 e. The van der Waals surface area contributed by atoms with E-state index < -0.39 is 7.14 Å². The maximum atomic E-state index is 13.3. The fraction of sp³-hybridized carbons (Fsp3) is 0.0667. The monoisotopic (exact) mass is 274 g/mol. The summed E-state index contributed by atoms with van der Waals surface area (Å²) in [4.78, 5) is 0. The third kappa shape index (κ3) is 2.88. The van der Waals surface area contributed by atoms with Crippen molar-refractivity contribution in [2.24, 2.45) is 0 Å². The molecule has 0 radical (unpaired) electrons. The number of hydrogen-bond donors (Lipinski definition) is 1. The highest BCUT2D eigenvalue weighted by atomic mass is 31.2. The van der Waals surface area contributed by atoms with Gasteiger partial charge in [-0.1, -0.05) is 60.7 Å². The Labute approximate surface area is 112 Å². The van der Waals surface area contributed by atoms with Gasteiger partial charge in [0.25, 0.3) is 5.95 Å². The Morgan fingerprint density at radius 3 is 1.79 bits per heavy atom. The van der Waals surface area contributed by atoms with Gasteiger partial charge in [-0.25, -0.2) is 0 Å². The molecule has 0 heterocycles. The van der Waals surface area contributed by atoms with Crippen molar-refractivity contribution in [3.05, 3.63) is 72.4 Å². The first-order valence-electron chi connectivity index (χ1n) is 5.83. The van der Waals surface area contributed by atoms with Crippen LogP contribution in [0.1, 0.15) is 0 Å². The van der Waals surface area contributed by atoms with Crippen LogP contribution in [0.5, 0.6) is 0 Å². The number of ether oxygens (including phenoxy) is 1. The summed E-state index contributed by atoms with van der Waals surface area (Å²) in [6.45, 7) is 0. The zero-order chi connectivity index (χ0) is 13.7. The van der Waals surface area contributed by atoms with Gasteiger partial charge in [-0.3, -0.25) is 0 Å². The van der Waals surface area contributed by atoms with Gasteiger partial charge in [0, 0.05) is 10.6 Å². The van der Waals surface area contributed by atoms with E-state index in [-0.39, 0.29) is 5.95 Å². The van der Waals surface area contributed by atoms with Gasteiger partial charge in [0.1, 0.15) is 0 Å². The Bertz CT molecular complexity index is 562. The van der Waals surface area contributed by atoms with Gasteiger partial charge in [-0.2, -0.15) is 0 Å². The summed E-state index contributed by atoms with van der Waals surface area (Å²) < 4.78 is 18.0. The van der Waals surface area contributed by atoms with Crippen LogP contribution in [-0.2, 0) is 9.30 Å². The van der Waals surface area contributed by atoms with E-state index >= 15 is 0 Å². The Morgan fingerprint density at radius 2 is 1.42 bits per heavy atom. The van der Waals surface area contributed by atoms with Crippen LogP contribution in [0.4, 0.5) is 0 Å². The molecule has 2 aromatic carbocycles. The second-order valence-corrected chi connectivity index (χ2v) is 6.61. The molecule has 0 amide bonds. The van der Waals surface area contributed by atoms with Crippen molar-refractivity contribution >= 4 is 17.8 Å². The second-order valence-electron chi connectivity index (χ2n) is 4.00. The Morgan fingerprint density at radius 1 is 1.00 bits per heavy atom. The third-order valence-corrected chi connectivity index (χ3v) is 5.50. The summed E-state index contributed by atoms with van der Waals surface area (Å²) in [6, 6.07) is 18.1. The van der Waals surface area contributed by atoms with Crippen LogP contribution in [0.3, 0.4) is 0 Å². The van der Waals surface area contributed by atoms with Crippen molar-refractivity contribution in [1.29, 1.82) is 0 Å². The van der Waals surface area contributed by atoms with Gasteiger partial charge < -0.3 is 14.4 Å². The average Bonchev–Trinajstić information content (AvgIpc) is 2.48. The van der Waals surface area contributed by atoms with Crippen molar-refractivity contribution in [1.82, 2.24) is 0 Å². The summed E-state index contributed by atoms with van der Waals surface area (Å²) >= 11 is 0. The highest BCUT2D eigenvalue weighted by Crippen LogP contribution is 2.45. The largest absolute Gasteiger partial charge is 0.481 e. The van der Waals surface area contributed by atoms with Crippen LogP contribution < -0.4 is 10.6 Å². The summed E-state index contributed by atoms with van der Waals surface area (Å²) in [5.74, 6) is 0.952. The SMILES string of the molecule is CO/C(O)=C/P(=O)(c1ccccc1)c1ccccc1. The van der Waals surface area contributed by atoms with E-state index in [4.69, 9.17) is 4.74 Å². The number of benzene rings is 2. The molecule has 0 unspecified atom stereocenters. The maximum absolute atomic E-state index is 13.3. The molecule has 2 aromatic rings. The molecule has 0 saturated heterocycles. The van der Waals surface area contributed by atoms with Gasteiger partial charge >= 0.3 is 0 Å². The van der Waals surface area contributed by atoms with E-state index in [9.17, 15) is 9.67 Å². The fourth-order valence-corrected chi connectivity index (χ4v) is 4.05. The average molecular weight is 274 g/mol. The Hall–Kier alpha value is -1.99. The molecule has 3 nitrogen and oxygen atoms in total. The summed E-state index contributed by atoms with van der Waals surface area (Å²) in [7, 11) is -1.69. The first-order chi connectivity index (χ1) is 9.16. The highest BCUT2D eigenvalue weighted by molar-refractivity contribution is 7.81. The van der Waals surface area contributed by atoms with Crippen molar-refractivity contribution in [3.8, 4) is 0 Å². The number of methoxy groups -OCH3 is 1. The molecule has 0 fully saturated rings. The molecule has 0 aliphatic carbocycles. The molecule has 0 bridgehead atoms. The van der Waals surface area contributed by atoms with Crippen molar-refractivity contribution in [2.75, 3.05) is 7.11 Å². The second kappa shape index (κ2) is 5.77. The fourth-order valence-electron chi connectivity index (χ4n) is 1.81. The Kier molecular flexibility index (Phi) is 4.08. The zero-order valence-electron chi connectivity index (χ0n) is 10.6. The third-order valence-electron chi connectivity index (χ3n) is 2.78. The van der Waals surface area contributed by atoms with E-state index in [2.05, 4.69) is 0 Å². The molecule has 19 heavy (non-hydrogen) atoms. The summed E-state index contributed by atoms with van der Waals surface area (Å²) in [6.07, 6.45) is 0. The number of hydrogen-bond acceptors (Lipinski definition) is 3. The molecule has 4 heteroatoms. The highest BCUT2D eigenvalue weighted by Gasteiger charge is 2.25.